The highest BCUT2D eigenvalue weighted by atomic mass is 16.5. The fourth-order valence-electron chi connectivity index (χ4n) is 3.56. The Balaban J connectivity index is 1.71. The van der Waals surface area contributed by atoms with Crippen molar-refractivity contribution in [2.75, 3.05) is 7.11 Å². The lowest BCUT2D eigenvalue weighted by atomic mass is 9.84. The van der Waals surface area contributed by atoms with Crippen LogP contribution in [-0.2, 0) is 11.3 Å². The SMILES string of the molecule is COc1ccnc(CNC(=O)[C@@H](c2ccccc2)C2CCCC2)c1. The summed E-state index contributed by atoms with van der Waals surface area (Å²) in [6, 6.07) is 13.8. The van der Waals surface area contributed by atoms with Gasteiger partial charge in [0, 0.05) is 12.3 Å². The average molecular weight is 324 g/mol. The van der Waals surface area contributed by atoms with E-state index in [4.69, 9.17) is 4.74 Å². The van der Waals surface area contributed by atoms with E-state index in [0.29, 0.717) is 12.5 Å². The second-order valence-corrected chi connectivity index (χ2v) is 6.34. The average Bonchev–Trinajstić information content (AvgIpc) is 3.15. The third-order valence-electron chi connectivity index (χ3n) is 4.78. The maximum atomic E-state index is 12.9. The van der Waals surface area contributed by atoms with E-state index < -0.39 is 0 Å². The maximum Gasteiger partial charge on any atom is 0.228 e. The topological polar surface area (TPSA) is 51.2 Å². The first-order chi connectivity index (χ1) is 11.8. The molecule has 4 heteroatoms. The maximum absolute atomic E-state index is 12.9. The van der Waals surface area contributed by atoms with Gasteiger partial charge in [-0.05, 0) is 30.4 Å². The first-order valence-electron chi connectivity index (χ1n) is 8.59. The molecule has 4 nitrogen and oxygen atoms in total. The minimum atomic E-state index is -0.0701. The molecule has 0 radical (unpaired) electrons. The number of hydrogen-bond donors (Lipinski definition) is 1. The van der Waals surface area contributed by atoms with Crippen LogP contribution in [-0.4, -0.2) is 18.0 Å². The Kier molecular flexibility index (Phi) is 5.47. The van der Waals surface area contributed by atoms with Crippen molar-refractivity contribution < 1.29 is 9.53 Å². The molecule has 1 amide bonds. The molecule has 1 aliphatic rings. The highest BCUT2D eigenvalue weighted by molar-refractivity contribution is 5.84. The van der Waals surface area contributed by atoms with Crippen LogP contribution in [0.5, 0.6) is 5.75 Å². The number of carbonyl (C=O) groups excluding carboxylic acids is 1. The molecule has 1 N–H and O–H groups in total. The van der Waals surface area contributed by atoms with Crippen molar-refractivity contribution in [3.8, 4) is 5.75 Å². The lowest BCUT2D eigenvalue weighted by molar-refractivity contribution is -0.123. The Morgan fingerprint density at radius 3 is 2.71 bits per heavy atom. The minimum absolute atomic E-state index is 0.0701. The molecule has 3 rings (SSSR count). The molecule has 2 aromatic rings. The third kappa shape index (κ3) is 3.94. The molecule has 24 heavy (non-hydrogen) atoms. The number of benzene rings is 1. The van der Waals surface area contributed by atoms with Gasteiger partial charge in [0.05, 0.1) is 25.3 Å². The molecular formula is C20H24N2O2. The van der Waals surface area contributed by atoms with Crippen molar-refractivity contribution in [3.63, 3.8) is 0 Å². The van der Waals surface area contributed by atoms with Gasteiger partial charge in [0.15, 0.2) is 0 Å². The lowest BCUT2D eigenvalue weighted by Crippen LogP contribution is -2.32. The molecule has 1 aromatic heterocycles. The van der Waals surface area contributed by atoms with Gasteiger partial charge in [-0.3, -0.25) is 9.78 Å². The molecule has 0 unspecified atom stereocenters. The number of aromatic nitrogens is 1. The first kappa shape index (κ1) is 16.5. The summed E-state index contributed by atoms with van der Waals surface area (Å²) in [7, 11) is 1.63. The standard InChI is InChI=1S/C20H24N2O2/c1-24-18-11-12-21-17(13-18)14-22-20(23)19(16-9-5-6-10-16)15-7-3-2-4-8-15/h2-4,7-8,11-13,16,19H,5-6,9-10,14H2,1H3,(H,22,23)/t19-/m0/s1. The van der Waals surface area contributed by atoms with E-state index in [2.05, 4.69) is 22.4 Å². The Labute approximate surface area is 143 Å². The molecular weight excluding hydrogens is 300 g/mol. The van der Waals surface area contributed by atoms with Crippen LogP contribution < -0.4 is 10.1 Å². The summed E-state index contributed by atoms with van der Waals surface area (Å²) in [5.41, 5.74) is 1.92. The number of amides is 1. The minimum Gasteiger partial charge on any atom is -0.497 e. The van der Waals surface area contributed by atoms with Crippen LogP contribution >= 0.6 is 0 Å². The number of methoxy groups -OCH3 is 1. The van der Waals surface area contributed by atoms with Gasteiger partial charge in [-0.1, -0.05) is 43.2 Å². The van der Waals surface area contributed by atoms with Gasteiger partial charge in [0.2, 0.25) is 5.91 Å². The van der Waals surface area contributed by atoms with Crippen molar-refractivity contribution in [2.24, 2.45) is 5.92 Å². The van der Waals surface area contributed by atoms with E-state index in [1.165, 1.54) is 12.8 Å². The highest BCUT2D eigenvalue weighted by Crippen LogP contribution is 2.37. The smallest absolute Gasteiger partial charge is 0.228 e. The third-order valence-corrected chi connectivity index (χ3v) is 4.78. The zero-order valence-electron chi connectivity index (χ0n) is 14.1. The van der Waals surface area contributed by atoms with Crippen molar-refractivity contribution in [1.29, 1.82) is 0 Å². The first-order valence-corrected chi connectivity index (χ1v) is 8.59. The summed E-state index contributed by atoms with van der Waals surface area (Å²) in [6.07, 6.45) is 6.40. The number of nitrogens with zero attached hydrogens (tertiary/aromatic N) is 1. The monoisotopic (exact) mass is 324 g/mol. The number of nitrogens with one attached hydrogen (secondary N) is 1. The van der Waals surface area contributed by atoms with Crippen LogP contribution in [0, 0.1) is 5.92 Å². The number of carbonyl (C=O) groups is 1. The van der Waals surface area contributed by atoms with E-state index in [1.54, 1.807) is 19.4 Å². The van der Waals surface area contributed by atoms with E-state index in [0.717, 1.165) is 29.8 Å². The van der Waals surface area contributed by atoms with Crippen molar-refractivity contribution >= 4 is 5.91 Å². The van der Waals surface area contributed by atoms with Crippen molar-refractivity contribution in [3.05, 3.63) is 59.9 Å². The molecule has 126 valence electrons. The predicted molar refractivity (Wildman–Crippen MR) is 93.8 cm³/mol. The molecule has 1 fully saturated rings. The van der Waals surface area contributed by atoms with E-state index in [-0.39, 0.29) is 11.8 Å². The Morgan fingerprint density at radius 1 is 1.25 bits per heavy atom. The summed E-state index contributed by atoms with van der Waals surface area (Å²) < 4.78 is 5.21. The lowest BCUT2D eigenvalue weighted by Gasteiger charge is -2.23. The van der Waals surface area contributed by atoms with Crippen LogP contribution in [0.2, 0.25) is 0 Å². The zero-order chi connectivity index (χ0) is 16.8. The number of pyridine rings is 1. The summed E-state index contributed by atoms with van der Waals surface area (Å²) in [5.74, 6) is 1.22. The molecule has 0 aliphatic heterocycles. The molecule has 1 aromatic carbocycles. The van der Waals surface area contributed by atoms with E-state index in [9.17, 15) is 4.79 Å². The number of hydrogen-bond acceptors (Lipinski definition) is 3. The van der Waals surface area contributed by atoms with Crippen LogP contribution in [0.25, 0.3) is 0 Å². The van der Waals surface area contributed by atoms with Crippen molar-refractivity contribution in [1.82, 2.24) is 10.3 Å². The Bertz CT molecular complexity index is 666. The fraction of sp³-hybridized carbons (Fsp3) is 0.400. The van der Waals surface area contributed by atoms with E-state index >= 15 is 0 Å². The summed E-state index contributed by atoms with van der Waals surface area (Å²) >= 11 is 0. The van der Waals surface area contributed by atoms with Crippen LogP contribution in [0.4, 0.5) is 0 Å². The Morgan fingerprint density at radius 2 is 2.00 bits per heavy atom. The summed E-state index contributed by atoms with van der Waals surface area (Å²) in [5, 5.41) is 3.07. The summed E-state index contributed by atoms with van der Waals surface area (Å²) in [6.45, 7) is 0.423. The van der Waals surface area contributed by atoms with Gasteiger partial charge in [-0.15, -0.1) is 0 Å². The predicted octanol–water partition coefficient (Wildman–Crippen LogP) is 3.68. The number of rotatable bonds is 6. The molecule has 1 aliphatic carbocycles. The van der Waals surface area contributed by atoms with Gasteiger partial charge in [-0.25, -0.2) is 0 Å². The van der Waals surface area contributed by atoms with Crippen LogP contribution in [0.3, 0.4) is 0 Å². The van der Waals surface area contributed by atoms with E-state index in [1.807, 2.05) is 24.3 Å². The second-order valence-electron chi connectivity index (χ2n) is 6.34. The molecule has 1 heterocycles. The fourth-order valence-corrected chi connectivity index (χ4v) is 3.56. The molecule has 0 saturated heterocycles. The molecule has 0 spiro atoms. The van der Waals surface area contributed by atoms with Crippen molar-refractivity contribution in [2.45, 2.75) is 38.1 Å². The normalized spacial score (nSPS) is 15.9. The molecule has 0 bridgehead atoms. The highest BCUT2D eigenvalue weighted by Gasteiger charge is 2.31. The van der Waals surface area contributed by atoms with Crippen LogP contribution in [0.1, 0.15) is 42.9 Å². The number of ether oxygens (including phenoxy) is 1. The second kappa shape index (κ2) is 7.95. The molecule has 1 saturated carbocycles. The Hall–Kier alpha value is -2.36. The largest absolute Gasteiger partial charge is 0.497 e. The van der Waals surface area contributed by atoms with Gasteiger partial charge in [0.25, 0.3) is 0 Å². The quantitative estimate of drug-likeness (QED) is 0.882. The molecule has 1 atom stereocenters. The zero-order valence-corrected chi connectivity index (χ0v) is 14.1. The van der Waals surface area contributed by atoms with Gasteiger partial charge < -0.3 is 10.1 Å². The summed E-state index contributed by atoms with van der Waals surface area (Å²) in [4.78, 5) is 17.2. The van der Waals surface area contributed by atoms with Crippen LogP contribution in [0.15, 0.2) is 48.7 Å². The van der Waals surface area contributed by atoms with Gasteiger partial charge in [-0.2, -0.15) is 0 Å². The van der Waals surface area contributed by atoms with Gasteiger partial charge in [0.1, 0.15) is 5.75 Å². The van der Waals surface area contributed by atoms with Gasteiger partial charge >= 0.3 is 0 Å².